The molecular weight excluding hydrogens is 184 g/mol. The SMILES string of the molecule is Cc1ccccc1C=C/C=C/C=C/CO. The molecule has 0 bridgehead atoms. The Morgan fingerprint density at radius 2 is 1.80 bits per heavy atom. The van der Waals surface area contributed by atoms with Gasteiger partial charge in [-0.3, -0.25) is 0 Å². The topological polar surface area (TPSA) is 20.2 Å². The van der Waals surface area contributed by atoms with Crippen molar-refractivity contribution >= 4 is 6.08 Å². The Morgan fingerprint density at radius 1 is 1.07 bits per heavy atom. The molecule has 1 aromatic rings. The molecule has 0 saturated heterocycles. The second-order valence-corrected chi connectivity index (χ2v) is 3.21. The fourth-order valence-electron chi connectivity index (χ4n) is 1.20. The Morgan fingerprint density at radius 3 is 2.53 bits per heavy atom. The van der Waals surface area contributed by atoms with Crippen LogP contribution >= 0.6 is 0 Å². The molecule has 0 atom stereocenters. The predicted octanol–water partition coefficient (Wildman–Crippen LogP) is 3.11. The third-order valence-corrected chi connectivity index (χ3v) is 2.04. The van der Waals surface area contributed by atoms with Crippen molar-refractivity contribution in [1.82, 2.24) is 0 Å². The van der Waals surface area contributed by atoms with Gasteiger partial charge in [0.05, 0.1) is 6.61 Å². The first-order valence-electron chi connectivity index (χ1n) is 5.01. The molecule has 0 unspecified atom stereocenters. The summed E-state index contributed by atoms with van der Waals surface area (Å²) in [6.45, 7) is 2.18. The summed E-state index contributed by atoms with van der Waals surface area (Å²) in [5, 5.41) is 8.50. The van der Waals surface area contributed by atoms with Crippen LogP contribution in [0.3, 0.4) is 0 Å². The molecule has 1 aromatic carbocycles. The van der Waals surface area contributed by atoms with Crippen molar-refractivity contribution < 1.29 is 5.11 Å². The summed E-state index contributed by atoms with van der Waals surface area (Å²) in [6.07, 6.45) is 11.4. The van der Waals surface area contributed by atoms with Gasteiger partial charge in [-0.1, -0.05) is 60.7 Å². The standard InChI is InChI=1S/C14H16O/c1-13-9-6-7-11-14(13)10-5-3-2-4-8-12-15/h2-11,15H,12H2,1H3/b3-2+,8-4+,10-5?. The fraction of sp³-hybridized carbons (Fsp3) is 0.143. The van der Waals surface area contributed by atoms with E-state index in [9.17, 15) is 0 Å². The van der Waals surface area contributed by atoms with Crippen LogP contribution in [-0.2, 0) is 0 Å². The van der Waals surface area contributed by atoms with Gasteiger partial charge in [0, 0.05) is 0 Å². The summed E-state index contributed by atoms with van der Waals surface area (Å²) in [6, 6.07) is 8.24. The molecule has 0 heterocycles. The third-order valence-electron chi connectivity index (χ3n) is 2.04. The summed E-state index contributed by atoms with van der Waals surface area (Å²) in [5.41, 5.74) is 2.50. The zero-order chi connectivity index (χ0) is 10.9. The Kier molecular flexibility index (Phi) is 5.20. The average Bonchev–Trinajstić information content (AvgIpc) is 2.25. The third kappa shape index (κ3) is 4.43. The predicted molar refractivity (Wildman–Crippen MR) is 65.6 cm³/mol. The Labute approximate surface area is 91.1 Å². The van der Waals surface area contributed by atoms with Crippen LogP contribution in [0.2, 0.25) is 0 Å². The lowest BCUT2D eigenvalue weighted by Crippen LogP contribution is -1.76. The number of allylic oxidation sites excluding steroid dienone is 4. The van der Waals surface area contributed by atoms with Gasteiger partial charge in [0.1, 0.15) is 0 Å². The first kappa shape index (κ1) is 11.5. The molecule has 0 aromatic heterocycles. The molecule has 1 rings (SSSR count). The van der Waals surface area contributed by atoms with E-state index in [1.807, 2.05) is 36.4 Å². The minimum atomic E-state index is 0.0891. The van der Waals surface area contributed by atoms with Gasteiger partial charge >= 0.3 is 0 Å². The van der Waals surface area contributed by atoms with Crippen LogP contribution in [0.1, 0.15) is 11.1 Å². The van der Waals surface area contributed by atoms with Gasteiger partial charge in [-0.2, -0.15) is 0 Å². The molecule has 0 aliphatic heterocycles. The molecule has 0 amide bonds. The van der Waals surface area contributed by atoms with Crippen molar-refractivity contribution in [3.05, 3.63) is 65.8 Å². The van der Waals surface area contributed by atoms with E-state index < -0.39 is 0 Å². The van der Waals surface area contributed by atoms with E-state index >= 15 is 0 Å². The molecule has 0 spiro atoms. The smallest absolute Gasteiger partial charge is 0.0615 e. The molecule has 15 heavy (non-hydrogen) atoms. The highest BCUT2D eigenvalue weighted by atomic mass is 16.2. The number of rotatable bonds is 4. The van der Waals surface area contributed by atoms with Crippen molar-refractivity contribution in [3.8, 4) is 0 Å². The molecule has 1 heteroatoms. The summed E-state index contributed by atoms with van der Waals surface area (Å²) in [4.78, 5) is 0. The molecule has 78 valence electrons. The van der Waals surface area contributed by atoms with Crippen LogP contribution < -0.4 is 0 Å². The van der Waals surface area contributed by atoms with E-state index in [4.69, 9.17) is 5.11 Å². The van der Waals surface area contributed by atoms with E-state index in [1.165, 1.54) is 11.1 Å². The number of hydrogen-bond donors (Lipinski definition) is 1. The summed E-state index contributed by atoms with van der Waals surface area (Å²) in [5.74, 6) is 0. The number of aliphatic hydroxyl groups excluding tert-OH is 1. The van der Waals surface area contributed by atoms with Gasteiger partial charge < -0.3 is 5.11 Å². The molecule has 1 N–H and O–H groups in total. The Hall–Kier alpha value is -1.60. The monoisotopic (exact) mass is 200 g/mol. The van der Waals surface area contributed by atoms with Gasteiger partial charge in [-0.15, -0.1) is 0 Å². The average molecular weight is 200 g/mol. The van der Waals surface area contributed by atoms with Crippen LogP contribution in [-0.4, -0.2) is 11.7 Å². The lowest BCUT2D eigenvalue weighted by Gasteiger charge is -1.96. The van der Waals surface area contributed by atoms with E-state index in [1.54, 1.807) is 6.08 Å². The van der Waals surface area contributed by atoms with Gasteiger partial charge in [0.15, 0.2) is 0 Å². The quantitative estimate of drug-likeness (QED) is 0.740. The van der Waals surface area contributed by atoms with Crippen LogP contribution in [0, 0.1) is 6.92 Å². The molecule has 0 saturated carbocycles. The lowest BCUT2D eigenvalue weighted by molar-refractivity contribution is 0.343. The highest BCUT2D eigenvalue weighted by Gasteiger charge is 1.88. The maximum atomic E-state index is 8.50. The first-order valence-corrected chi connectivity index (χ1v) is 5.01. The van der Waals surface area contributed by atoms with Crippen LogP contribution in [0.5, 0.6) is 0 Å². The minimum absolute atomic E-state index is 0.0891. The Balaban J connectivity index is 2.55. The summed E-state index contributed by atoms with van der Waals surface area (Å²) < 4.78 is 0. The van der Waals surface area contributed by atoms with Crippen molar-refractivity contribution in [2.45, 2.75) is 6.92 Å². The number of benzene rings is 1. The van der Waals surface area contributed by atoms with E-state index in [2.05, 4.69) is 25.1 Å². The van der Waals surface area contributed by atoms with Crippen LogP contribution in [0.15, 0.2) is 54.6 Å². The second-order valence-electron chi connectivity index (χ2n) is 3.21. The molecule has 0 radical (unpaired) electrons. The first-order chi connectivity index (χ1) is 7.34. The maximum absolute atomic E-state index is 8.50. The highest BCUT2D eigenvalue weighted by molar-refractivity contribution is 5.54. The Bertz CT molecular complexity index is 373. The summed E-state index contributed by atoms with van der Waals surface area (Å²) >= 11 is 0. The number of aryl methyl sites for hydroxylation is 1. The molecular formula is C14H16O. The van der Waals surface area contributed by atoms with E-state index in [-0.39, 0.29) is 6.61 Å². The zero-order valence-corrected chi connectivity index (χ0v) is 8.93. The molecule has 0 fully saturated rings. The molecule has 0 aliphatic rings. The van der Waals surface area contributed by atoms with Gasteiger partial charge in [0.2, 0.25) is 0 Å². The van der Waals surface area contributed by atoms with Crippen LogP contribution in [0.4, 0.5) is 0 Å². The van der Waals surface area contributed by atoms with Gasteiger partial charge in [-0.25, -0.2) is 0 Å². The van der Waals surface area contributed by atoms with E-state index in [0.29, 0.717) is 0 Å². The lowest BCUT2D eigenvalue weighted by atomic mass is 10.1. The van der Waals surface area contributed by atoms with Gasteiger partial charge in [0.25, 0.3) is 0 Å². The largest absolute Gasteiger partial charge is 0.392 e. The summed E-state index contributed by atoms with van der Waals surface area (Å²) in [7, 11) is 0. The molecule has 1 nitrogen and oxygen atoms in total. The van der Waals surface area contributed by atoms with E-state index in [0.717, 1.165) is 0 Å². The zero-order valence-electron chi connectivity index (χ0n) is 8.93. The second kappa shape index (κ2) is 6.80. The minimum Gasteiger partial charge on any atom is -0.392 e. The number of aliphatic hydroxyl groups is 1. The molecule has 0 aliphatic carbocycles. The van der Waals surface area contributed by atoms with Crippen molar-refractivity contribution in [1.29, 1.82) is 0 Å². The van der Waals surface area contributed by atoms with Crippen LogP contribution in [0.25, 0.3) is 6.08 Å². The number of hydrogen-bond acceptors (Lipinski definition) is 1. The van der Waals surface area contributed by atoms with Crippen molar-refractivity contribution in [2.75, 3.05) is 6.61 Å². The normalized spacial score (nSPS) is 12.1. The van der Waals surface area contributed by atoms with Crippen molar-refractivity contribution in [2.24, 2.45) is 0 Å². The maximum Gasteiger partial charge on any atom is 0.0615 e. The van der Waals surface area contributed by atoms with Crippen molar-refractivity contribution in [3.63, 3.8) is 0 Å². The highest BCUT2D eigenvalue weighted by Crippen LogP contribution is 2.08. The fourth-order valence-corrected chi connectivity index (χ4v) is 1.20. The van der Waals surface area contributed by atoms with Gasteiger partial charge in [-0.05, 0) is 18.1 Å².